The molecule has 0 bridgehead atoms. The molecule has 2 aliphatic rings. The summed E-state index contributed by atoms with van der Waals surface area (Å²) in [7, 11) is 0. The third kappa shape index (κ3) is 3.08. The molecule has 1 aromatic carbocycles. The molecule has 0 radical (unpaired) electrons. The second kappa shape index (κ2) is 6.28. The van der Waals surface area contributed by atoms with E-state index in [1.165, 1.54) is 6.07 Å². The molecule has 1 atom stereocenters. The van der Waals surface area contributed by atoms with E-state index in [0.717, 1.165) is 19.6 Å². The highest BCUT2D eigenvalue weighted by atomic mass is 19.1. The zero-order valence-corrected chi connectivity index (χ0v) is 13.6. The number of hydrogen-bond donors (Lipinski definition) is 0. The van der Waals surface area contributed by atoms with Gasteiger partial charge in [0.2, 0.25) is 5.60 Å². The molecule has 0 aromatic heterocycles. The van der Waals surface area contributed by atoms with Gasteiger partial charge in [-0.3, -0.25) is 4.79 Å². The van der Waals surface area contributed by atoms with Crippen molar-refractivity contribution in [3.8, 4) is 0 Å². The van der Waals surface area contributed by atoms with Crippen molar-refractivity contribution in [2.45, 2.75) is 25.9 Å². The molecule has 23 heavy (non-hydrogen) atoms. The Morgan fingerprint density at radius 2 is 2.00 bits per heavy atom. The van der Waals surface area contributed by atoms with Gasteiger partial charge in [0.25, 0.3) is 5.91 Å². The lowest BCUT2D eigenvalue weighted by Gasteiger charge is -2.37. The molecule has 1 saturated heterocycles. The van der Waals surface area contributed by atoms with Crippen molar-refractivity contribution in [3.05, 3.63) is 35.6 Å². The largest absolute Gasteiger partial charge is 0.379 e. The fourth-order valence-corrected chi connectivity index (χ4v) is 3.10. The molecule has 5 nitrogen and oxygen atoms in total. The van der Waals surface area contributed by atoms with Crippen molar-refractivity contribution in [3.63, 3.8) is 0 Å². The molecule has 6 heteroatoms. The first kappa shape index (κ1) is 15.9. The summed E-state index contributed by atoms with van der Waals surface area (Å²) in [5, 5.41) is 3.99. The fourth-order valence-electron chi connectivity index (χ4n) is 3.10. The maximum Gasteiger partial charge on any atom is 0.269 e. The molecule has 0 N–H and O–H groups in total. The minimum absolute atomic E-state index is 0.0663. The normalized spacial score (nSPS) is 25.2. The van der Waals surface area contributed by atoms with Gasteiger partial charge in [0, 0.05) is 38.2 Å². The number of likely N-dealkylation sites (N-methyl/N-ethyl adjacent to an activating group) is 1. The number of piperazine rings is 1. The van der Waals surface area contributed by atoms with E-state index in [2.05, 4.69) is 17.0 Å². The number of carbonyl (C=O) groups is 1. The van der Waals surface area contributed by atoms with E-state index < -0.39 is 5.60 Å². The lowest BCUT2D eigenvalue weighted by Crippen LogP contribution is -2.54. The van der Waals surface area contributed by atoms with Crippen LogP contribution in [0.5, 0.6) is 0 Å². The van der Waals surface area contributed by atoms with Crippen LogP contribution in [0.1, 0.15) is 25.8 Å². The Labute approximate surface area is 135 Å². The summed E-state index contributed by atoms with van der Waals surface area (Å²) in [5.74, 6) is -0.411. The number of hydrogen-bond acceptors (Lipinski definition) is 4. The van der Waals surface area contributed by atoms with Gasteiger partial charge in [-0.05, 0) is 19.5 Å². The Morgan fingerprint density at radius 1 is 1.30 bits per heavy atom. The minimum atomic E-state index is -1.04. The van der Waals surface area contributed by atoms with Gasteiger partial charge in [-0.1, -0.05) is 30.3 Å². The Bertz CT molecular complexity index is 626. The monoisotopic (exact) mass is 319 g/mol. The highest BCUT2D eigenvalue weighted by molar-refractivity contribution is 6.05. The molecule has 2 heterocycles. The van der Waals surface area contributed by atoms with Crippen LogP contribution < -0.4 is 0 Å². The molecule has 3 rings (SSSR count). The number of benzene rings is 1. The highest BCUT2D eigenvalue weighted by Crippen LogP contribution is 2.29. The zero-order chi connectivity index (χ0) is 16.4. The molecular formula is C17H22FN3O2. The Balaban J connectivity index is 1.68. The Kier molecular flexibility index (Phi) is 4.35. The molecule has 0 unspecified atom stereocenters. The van der Waals surface area contributed by atoms with Crippen LogP contribution in [0.3, 0.4) is 0 Å². The lowest BCUT2D eigenvalue weighted by molar-refractivity contribution is -0.155. The average Bonchev–Trinajstić information content (AvgIpc) is 2.98. The van der Waals surface area contributed by atoms with Gasteiger partial charge in [-0.25, -0.2) is 4.39 Å². The fraction of sp³-hybridized carbons (Fsp3) is 0.529. The SMILES string of the molecule is CCN1CCN(C(=O)[C@]2(C)CC(c3ccccc3F)=NO2)CC1. The van der Waals surface area contributed by atoms with Crippen LogP contribution >= 0.6 is 0 Å². The summed E-state index contributed by atoms with van der Waals surface area (Å²) >= 11 is 0. The summed E-state index contributed by atoms with van der Waals surface area (Å²) in [6.45, 7) is 7.99. The Morgan fingerprint density at radius 3 is 2.65 bits per heavy atom. The van der Waals surface area contributed by atoms with Gasteiger partial charge in [0.05, 0.1) is 5.71 Å². The molecule has 1 aromatic rings. The summed E-state index contributed by atoms with van der Waals surface area (Å²) in [4.78, 5) is 22.4. The Hall–Kier alpha value is -1.95. The summed E-state index contributed by atoms with van der Waals surface area (Å²) in [6.07, 6.45) is 0.292. The molecular weight excluding hydrogens is 297 g/mol. The van der Waals surface area contributed by atoms with Crippen LogP contribution in [0.25, 0.3) is 0 Å². The summed E-state index contributed by atoms with van der Waals surface area (Å²) in [5.41, 5.74) is -0.141. The molecule has 124 valence electrons. The maximum absolute atomic E-state index is 13.9. The van der Waals surface area contributed by atoms with E-state index in [1.54, 1.807) is 25.1 Å². The van der Waals surface area contributed by atoms with Gasteiger partial charge in [-0.2, -0.15) is 0 Å². The molecule has 2 aliphatic heterocycles. The second-order valence-electron chi connectivity index (χ2n) is 6.24. The minimum Gasteiger partial charge on any atom is -0.379 e. The van der Waals surface area contributed by atoms with Crippen LogP contribution in [-0.2, 0) is 9.63 Å². The first-order valence-corrected chi connectivity index (χ1v) is 8.05. The quantitative estimate of drug-likeness (QED) is 0.854. The van der Waals surface area contributed by atoms with Crippen molar-refractivity contribution in [1.82, 2.24) is 9.80 Å². The topological polar surface area (TPSA) is 45.1 Å². The van der Waals surface area contributed by atoms with Crippen molar-refractivity contribution in [1.29, 1.82) is 0 Å². The van der Waals surface area contributed by atoms with E-state index in [4.69, 9.17) is 4.84 Å². The van der Waals surface area contributed by atoms with Crippen molar-refractivity contribution < 1.29 is 14.0 Å². The highest BCUT2D eigenvalue weighted by Gasteiger charge is 2.45. The third-order valence-electron chi connectivity index (χ3n) is 4.61. The van der Waals surface area contributed by atoms with Gasteiger partial charge >= 0.3 is 0 Å². The molecule has 0 aliphatic carbocycles. The molecule has 1 amide bonds. The van der Waals surface area contributed by atoms with Crippen LogP contribution in [0, 0.1) is 5.82 Å². The number of carbonyl (C=O) groups excluding carboxylic acids is 1. The summed E-state index contributed by atoms with van der Waals surface area (Å²) in [6, 6.07) is 6.43. The summed E-state index contributed by atoms with van der Waals surface area (Å²) < 4.78 is 13.9. The van der Waals surface area contributed by atoms with Crippen molar-refractivity contribution in [2.75, 3.05) is 32.7 Å². The van der Waals surface area contributed by atoms with Crippen LogP contribution in [0.15, 0.2) is 29.4 Å². The van der Waals surface area contributed by atoms with Crippen LogP contribution in [0.2, 0.25) is 0 Å². The van der Waals surface area contributed by atoms with E-state index in [0.29, 0.717) is 30.8 Å². The van der Waals surface area contributed by atoms with Gasteiger partial charge in [0.15, 0.2) is 0 Å². The van der Waals surface area contributed by atoms with E-state index in [1.807, 2.05) is 4.90 Å². The van der Waals surface area contributed by atoms with E-state index >= 15 is 0 Å². The third-order valence-corrected chi connectivity index (χ3v) is 4.61. The first-order chi connectivity index (χ1) is 11.0. The van der Waals surface area contributed by atoms with Gasteiger partial charge < -0.3 is 14.6 Å². The number of amides is 1. The first-order valence-electron chi connectivity index (χ1n) is 8.05. The van der Waals surface area contributed by atoms with Crippen molar-refractivity contribution in [2.24, 2.45) is 5.16 Å². The molecule has 0 saturated carbocycles. The van der Waals surface area contributed by atoms with Crippen LogP contribution in [-0.4, -0.2) is 59.7 Å². The van der Waals surface area contributed by atoms with E-state index in [9.17, 15) is 9.18 Å². The number of nitrogens with zero attached hydrogens (tertiary/aromatic N) is 3. The predicted molar refractivity (Wildman–Crippen MR) is 85.7 cm³/mol. The molecule has 1 fully saturated rings. The second-order valence-corrected chi connectivity index (χ2v) is 6.24. The lowest BCUT2D eigenvalue weighted by atomic mass is 9.94. The number of rotatable bonds is 3. The predicted octanol–water partition coefficient (Wildman–Crippen LogP) is 1.87. The van der Waals surface area contributed by atoms with Crippen molar-refractivity contribution >= 4 is 11.6 Å². The van der Waals surface area contributed by atoms with Gasteiger partial charge in [-0.15, -0.1) is 0 Å². The maximum atomic E-state index is 13.9. The molecule has 0 spiro atoms. The smallest absolute Gasteiger partial charge is 0.269 e. The van der Waals surface area contributed by atoms with E-state index in [-0.39, 0.29) is 11.7 Å². The standard InChI is InChI=1S/C17H22FN3O2/c1-3-20-8-10-21(11-9-20)16(22)17(2)12-15(19-23-17)13-6-4-5-7-14(13)18/h4-7H,3,8-12H2,1-2H3/t17-/m0/s1. The number of oxime groups is 1. The average molecular weight is 319 g/mol. The zero-order valence-electron chi connectivity index (χ0n) is 13.6. The number of halogens is 1. The van der Waals surface area contributed by atoms with Gasteiger partial charge in [0.1, 0.15) is 5.82 Å². The van der Waals surface area contributed by atoms with Crippen LogP contribution in [0.4, 0.5) is 4.39 Å².